The highest BCUT2D eigenvalue weighted by Crippen LogP contribution is 2.42. The lowest BCUT2D eigenvalue weighted by Crippen LogP contribution is -2.29. The molecule has 3 rings (SSSR count). The zero-order chi connectivity index (χ0) is 19.3. The van der Waals surface area contributed by atoms with Crippen LogP contribution in [0.1, 0.15) is 11.1 Å². The molecule has 0 unspecified atom stereocenters. The monoisotopic (exact) mass is 374 g/mol. The third-order valence-electron chi connectivity index (χ3n) is 3.90. The average molecular weight is 374 g/mol. The molecular weight excluding hydrogens is 366 g/mol. The van der Waals surface area contributed by atoms with Crippen molar-refractivity contribution >= 4 is 16.8 Å². The molecule has 3 nitrogen and oxygen atoms in total. The lowest BCUT2D eigenvalue weighted by atomic mass is 9.90. The second kappa shape index (κ2) is 5.86. The second-order valence-corrected chi connectivity index (χ2v) is 5.52. The maximum absolute atomic E-state index is 12.9. The van der Waals surface area contributed by atoms with Gasteiger partial charge in [0.25, 0.3) is 0 Å². The van der Waals surface area contributed by atoms with Crippen LogP contribution in [-0.2, 0) is 6.42 Å². The topological polar surface area (TPSA) is 47.3 Å². The largest absolute Gasteiger partial charge is 0.421 e. The average Bonchev–Trinajstić information content (AvgIpc) is 2.61. The maximum Gasteiger partial charge on any atom is 0.421 e. The SMILES string of the molecule is O=c1oc(=O)c2ccccc2c2c1CC(=C(C(F)(F)F)C(F)(F)F)C=C2. The van der Waals surface area contributed by atoms with E-state index in [-0.39, 0.29) is 16.3 Å². The minimum atomic E-state index is -5.65. The number of benzene rings is 1. The van der Waals surface area contributed by atoms with Gasteiger partial charge in [-0.25, -0.2) is 9.59 Å². The molecule has 9 heteroatoms. The van der Waals surface area contributed by atoms with Gasteiger partial charge >= 0.3 is 23.6 Å². The van der Waals surface area contributed by atoms with E-state index in [1.54, 1.807) is 0 Å². The van der Waals surface area contributed by atoms with E-state index in [9.17, 15) is 35.9 Å². The lowest BCUT2D eigenvalue weighted by Gasteiger charge is -2.20. The van der Waals surface area contributed by atoms with E-state index >= 15 is 0 Å². The van der Waals surface area contributed by atoms with Crippen molar-refractivity contribution in [3.05, 3.63) is 73.5 Å². The van der Waals surface area contributed by atoms with E-state index in [4.69, 9.17) is 0 Å². The van der Waals surface area contributed by atoms with E-state index in [1.807, 2.05) is 0 Å². The molecule has 1 aromatic carbocycles. The molecule has 0 saturated heterocycles. The Kier molecular flexibility index (Phi) is 4.05. The van der Waals surface area contributed by atoms with Crippen LogP contribution < -0.4 is 11.3 Å². The van der Waals surface area contributed by atoms with Gasteiger partial charge < -0.3 is 4.42 Å². The number of rotatable bonds is 0. The second-order valence-electron chi connectivity index (χ2n) is 5.52. The van der Waals surface area contributed by atoms with Gasteiger partial charge in [0, 0.05) is 12.0 Å². The highest BCUT2D eigenvalue weighted by Gasteiger charge is 2.52. The van der Waals surface area contributed by atoms with Gasteiger partial charge in [-0.2, -0.15) is 26.3 Å². The molecule has 1 aliphatic rings. The first kappa shape index (κ1) is 18.0. The molecule has 1 heterocycles. The number of alkyl halides is 6. The number of hydrogen-bond acceptors (Lipinski definition) is 3. The molecule has 136 valence electrons. The van der Waals surface area contributed by atoms with Crippen LogP contribution in [0.15, 0.2) is 55.5 Å². The molecule has 0 amide bonds. The highest BCUT2D eigenvalue weighted by molar-refractivity contribution is 5.91. The highest BCUT2D eigenvalue weighted by atomic mass is 19.4. The summed E-state index contributed by atoms with van der Waals surface area (Å²) in [6, 6.07) is 5.77. The Morgan fingerprint density at radius 1 is 0.846 bits per heavy atom. The number of hydrogen-bond donors (Lipinski definition) is 0. The molecule has 0 spiro atoms. The molecule has 0 saturated carbocycles. The fourth-order valence-corrected chi connectivity index (χ4v) is 2.86. The normalized spacial score (nSPS) is 14.5. The standard InChI is InChI=1S/C17H8F6O3/c18-16(19,20)13(17(21,22)23)8-5-6-10-9-3-1-2-4-11(9)14(24)26-15(25)12(10)7-8/h1-6H,7H2. The van der Waals surface area contributed by atoms with Crippen LogP contribution in [0.3, 0.4) is 0 Å². The summed E-state index contributed by atoms with van der Waals surface area (Å²) in [5.74, 6) is 0. The van der Waals surface area contributed by atoms with Crippen molar-refractivity contribution < 1.29 is 30.8 Å². The smallest absolute Gasteiger partial charge is 0.386 e. The molecule has 0 bridgehead atoms. The summed E-state index contributed by atoms with van der Waals surface area (Å²) in [4.78, 5) is 24.0. The van der Waals surface area contributed by atoms with Crippen molar-refractivity contribution in [3.63, 3.8) is 0 Å². The third-order valence-corrected chi connectivity index (χ3v) is 3.90. The van der Waals surface area contributed by atoms with Crippen LogP contribution in [-0.4, -0.2) is 12.4 Å². The Morgan fingerprint density at radius 3 is 2.00 bits per heavy atom. The lowest BCUT2D eigenvalue weighted by molar-refractivity contribution is -0.172. The summed E-state index contributed by atoms with van der Waals surface area (Å²) < 4.78 is 82.0. The summed E-state index contributed by atoms with van der Waals surface area (Å²) in [5, 5.41) is 0.198. The van der Waals surface area contributed by atoms with Crippen LogP contribution >= 0.6 is 0 Å². The Labute approximate surface area is 140 Å². The van der Waals surface area contributed by atoms with E-state index in [0.29, 0.717) is 6.08 Å². The molecule has 0 N–H and O–H groups in total. The number of halogens is 6. The van der Waals surface area contributed by atoms with Gasteiger partial charge in [0.15, 0.2) is 0 Å². The van der Waals surface area contributed by atoms with E-state index < -0.39 is 46.7 Å². The first-order valence-corrected chi connectivity index (χ1v) is 7.15. The first-order chi connectivity index (χ1) is 12.0. The molecule has 26 heavy (non-hydrogen) atoms. The maximum atomic E-state index is 12.9. The summed E-state index contributed by atoms with van der Waals surface area (Å²) in [5.41, 5.74) is -6.48. The van der Waals surface area contributed by atoms with Crippen molar-refractivity contribution in [1.29, 1.82) is 0 Å². The molecule has 0 aliphatic heterocycles. The van der Waals surface area contributed by atoms with Crippen molar-refractivity contribution in [3.8, 4) is 0 Å². The van der Waals surface area contributed by atoms with Gasteiger partial charge in [0.1, 0.15) is 5.57 Å². The van der Waals surface area contributed by atoms with Crippen LogP contribution in [0, 0.1) is 0 Å². The van der Waals surface area contributed by atoms with E-state index in [2.05, 4.69) is 4.42 Å². The minimum Gasteiger partial charge on any atom is -0.386 e. The Bertz CT molecular complexity index is 1050. The third kappa shape index (κ3) is 3.04. The summed E-state index contributed by atoms with van der Waals surface area (Å²) in [7, 11) is 0. The molecule has 1 aromatic heterocycles. The van der Waals surface area contributed by atoms with Crippen LogP contribution in [0.4, 0.5) is 26.3 Å². The Morgan fingerprint density at radius 2 is 1.42 bits per heavy atom. The van der Waals surface area contributed by atoms with Crippen molar-refractivity contribution in [2.75, 3.05) is 0 Å². The van der Waals surface area contributed by atoms with Crippen molar-refractivity contribution in [2.24, 2.45) is 0 Å². The molecular formula is C17H8F6O3. The Hall–Kier alpha value is -2.84. The van der Waals surface area contributed by atoms with Crippen LogP contribution in [0.2, 0.25) is 0 Å². The first-order valence-electron chi connectivity index (χ1n) is 7.15. The van der Waals surface area contributed by atoms with Gasteiger partial charge in [-0.15, -0.1) is 0 Å². The molecule has 0 radical (unpaired) electrons. The van der Waals surface area contributed by atoms with E-state index in [0.717, 1.165) is 6.08 Å². The van der Waals surface area contributed by atoms with Gasteiger partial charge in [-0.1, -0.05) is 30.4 Å². The van der Waals surface area contributed by atoms with Gasteiger partial charge in [0.05, 0.1) is 5.39 Å². The molecule has 0 atom stereocenters. The minimum absolute atomic E-state index is 0.00482. The Balaban J connectivity index is 2.38. The molecule has 1 aliphatic carbocycles. The van der Waals surface area contributed by atoms with Crippen LogP contribution in [0.25, 0.3) is 16.8 Å². The van der Waals surface area contributed by atoms with Gasteiger partial charge in [-0.05, 0) is 22.6 Å². The fraction of sp³-hybridized carbons (Fsp3) is 0.176. The predicted molar refractivity (Wildman–Crippen MR) is 80.6 cm³/mol. The van der Waals surface area contributed by atoms with Gasteiger partial charge in [0.2, 0.25) is 0 Å². The molecule has 0 fully saturated rings. The van der Waals surface area contributed by atoms with Crippen molar-refractivity contribution in [1.82, 2.24) is 0 Å². The van der Waals surface area contributed by atoms with Gasteiger partial charge in [-0.3, -0.25) is 0 Å². The molecule has 2 aromatic rings. The zero-order valence-electron chi connectivity index (χ0n) is 12.7. The number of allylic oxidation sites excluding steroid dienone is 3. The zero-order valence-corrected chi connectivity index (χ0v) is 12.7. The van der Waals surface area contributed by atoms with Crippen molar-refractivity contribution in [2.45, 2.75) is 18.8 Å². The summed E-state index contributed by atoms with van der Waals surface area (Å²) >= 11 is 0. The van der Waals surface area contributed by atoms with E-state index in [1.165, 1.54) is 24.3 Å². The summed E-state index contributed by atoms with van der Waals surface area (Å²) in [6.07, 6.45) is -10.6. The quantitative estimate of drug-likeness (QED) is 0.651. The predicted octanol–water partition coefficient (Wildman–Crippen LogP) is 4.14. The number of fused-ring (bicyclic) bond motifs is 3. The summed E-state index contributed by atoms with van der Waals surface area (Å²) in [6.45, 7) is 0. The van der Waals surface area contributed by atoms with Crippen LogP contribution in [0.5, 0.6) is 0 Å². The fourth-order valence-electron chi connectivity index (χ4n) is 2.86.